The van der Waals surface area contributed by atoms with Gasteiger partial charge in [0.05, 0.1) is 6.54 Å². The summed E-state index contributed by atoms with van der Waals surface area (Å²) in [7, 11) is 0. The summed E-state index contributed by atoms with van der Waals surface area (Å²) in [6, 6.07) is 3.68. The Labute approximate surface area is 199 Å². The first kappa shape index (κ1) is 27.6. The van der Waals surface area contributed by atoms with Gasteiger partial charge in [0.1, 0.15) is 11.6 Å². The number of likely N-dealkylation sites (tertiary alicyclic amines) is 1. The van der Waals surface area contributed by atoms with E-state index >= 15 is 0 Å². The van der Waals surface area contributed by atoms with Crippen molar-refractivity contribution < 1.29 is 9.90 Å². The summed E-state index contributed by atoms with van der Waals surface area (Å²) in [5.41, 5.74) is 1.68. The van der Waals surface area contributed by atoms with Crippen LogP contribution in [0.2, 0.25) is 0 Å². The minimum Gasteiger partial charge on any atom is -0.507 e. The standard InChI is InChI=1S/C25H41N3O2.BrH/c1-16(2)13-27-14-17-9-10-28(23(17)26)15-21(29)18-11-19(24(3,4)5)22(30)20(12-18)25(6,7)8;/h11-12,16-17,26-27,30H,9-10,13-15H2,1-8H3;1H. The van der Waals surface area contributed by atoms with E-state index in [0.29, 0.717) is 17.3 Å². The summed E-state index contributed by atoms with van der Waals surface area (Å²) in [5.74, 6) is 1.61. The minimum atomic E-state index is -0.270. The van der Waals surface area contributed by atoms with Crippen molar-refractivity contribution in [1.29, 1.82) is 5.41 Å². The maximum atomic E-state index is 13.2. The number of hydrogen-bond acceptors (Lipinski definition) is 4. The van der Waals surface area contributed by atoms with E-state index in [0.717, 1.165) is 37.2 Å². The van der Waals surface area contributed by atoms with Crippen LogP contribution in [0, 0.1) is 17.2 Å². The minimum absolute atomic E-state index is 0. The Hall–Kier alpha value is -1.40. The summed E-state index contributed by atoms with van der Waals surface area (Å²) in [6.45, 7) is 19.3. The van der Waals surface area contributed by atoms with Crippen LogP contribution in [0.15, 0.2) is 12.1 Å². The maximum absolute atomic E-state index is 13.2. The highest BCUT2D eigenvalue weighted by Crippen LogP contribution is 2.40. The second-order valence-electron chi connectivity index (χ2n) is 11.2. The van der Waals surface area contributed by atoms with Gasteiger partial charge >= 0.3 is 0 Å². The number of rotatable bonds is 7. The molecule has 0 amide bonds. The van der Waals surface area contributed by atoms with E-state index in [1.54, 1.807) is 0 Å². The Bertz CT molecular complexity index is 756. The molecule has 1 aromatic carbocycles. The number of amidine groups is 1. The molecule has 0 spiro atoms. The lowest BCUT2D eigenvalue weighted by Gasteiger charge is -2.28. The monoisotopic (exact) mass is 495 g/mol. The molecule has 2 rings (SSSR count). The maximum Gasteiger partial charge on any atom is 0.182 e. The van der Waals surface area contributed by atoms with Gasteiger partial charge in [-0.3, -0.25) is 10.2 Å². The highest BCUT2D eigenvalue weighted by molar-refractivity contribution is 8.93. The van der Waals surface area contributed by atoms with E-state index < -0.39 is 0 Å². The predicted molar refractivity (Wildman–Crippen MR) is 135 cm³/mol. The Morgan fingerprint density at radius 1 is 1.16 bits per heavy atom. The van der Waals surface area contributed by atoms with Crippen LogP contribution >= 0.6 is 17.0 Å². The van der Waals surface area contributed by atoms with Crippen molar-refractivity contribution in [3.63, 3.8) is 0 Å². The van der Waals surface area contributed by atoms with Crippen LogP contribution in [-0.4, -0.2) is 47.8 Å². The molecule has 176 valence electrons. The molecule has 0 saturated carbocycles. The zero-order valence-electron chi connectivity index (χ0n) is 20.6. The van der Waals surface area contributed by atoms with Gasteiger partial charge < -0.3 is 15.3 Å². The van der Waals surface area contributed by atoms with Gasteiger partial charge in [-0.05, 0) is 41.8 Å². The van der Waals surface area contributed by atoms with Crippen molar-refractivity contribution in [3.8, 4) is 5.75 Å². The van der Waals surface area contributed by atoms with Crippen molar-refractivity contribution in [2.45, 2.75) is 72.6 Å². The van der Waals surface area contributed by atoms with Gasteiger partial charge in [-0.25, -0.2) is 0 Å². The summed E-state index contributed by atoms with van der Waals surface area (Å²) in [5, 5.41) is 22.8. The average molecular weight is 497 g/mol. The first-order valence-corrected chi connectivity index (χ1v) is 11.2. The molecule has 0 aliphatic carbocycles. The van der Waals surface area contributed by atoms with Gasteiger partial charge in [0.15, 0.2) is 5.78 Å². The first-order chi connectivity index (χ1) is 13.7. The molecular weight excluding hydrogens is 454 g/mol. The molecule has 3 N–H and O–H groups in total. The third-order valence-corrected chi connectivity index (χ3v) is 5.80. The van der Waals surface area contributed by atoms with Gasteiger partial charge in [0, 0.05) is 35.7 Å². The van der Waals surface area contributed by atoms with Gasteiger partial charge in [-0.15, -0.1) is 17.0 Å². The molecule has 6 heteroatoms. The normalized spacial score (nSPS) is 17.3. The number of ketones is 1. The van der Waals surface area contributed by atoms with E-state index in [1.807, 2.05) is 58.6 Å². The number of phenolic OH excluding ortho intramolecular Hbond substituents is 1. The zero-order chi connectivity index (χ0) is 22.9. The number of nitrogens with one attached hydrogen (secondary N) is 2. The SMILES string of the molecule is Br.CC(C)CNCC1CCN(CC(=O)c2cc(C(C)(C)C)c(O)c(C(C)(C)C)c2)C1=N. The van der Waals surface area contributed by atoms with Crippen LogP contribution in [0.5, 0.6) is 5.75 Å². The van der Waals surface area contributed by atoms with Crippen molar-refractivity contribution in [3.05, 3.63) is 28.8 Å². The molecule has 1 aromatic rings. The number of aromatic hydroxyl groups is 1. The predicted octanol–water partition coefficient (Wildman–Crippen LogP) is 5.29. The quantitative estimate of drug-likeness (QED) is 0.448. The lowest BCUT2D eigenvalue weighted by molar-refractivity contribution is 0.0965. The third kappa shape index (κ3) is 7.04. The molecule has 0 aromatic heterocycles. The second kappa shape index (κ2) is 10.5. The van der Waals surface area contributed by atoms with Crippen LogP contribution in [0.3, 0.4) is 0 Å². The van der Waals surface area contributed by atoms with Gasteiger partial charge in [0.25, 0.3) is 0 Å². The van der Waals surface area contributed by atoms with Crippen molar-refractivity contribution in [1.82, 2.24) is 10.2 Å². The van der Waals surface area contributed by atoms with E-state index in [1.165, 1.54) is 0 Å². The number of Topliss-reactive ketones (excluding diaryl/α,β-unsaturated/α-hetero) is 1. The third-order valence-electron chi connectivity index (χ3n) is 5.80. The van der Waals surface area contributed by atoms with Crippen LogP contribution < -0.4 is 5.32 Å². The number of benzene rings is 1. The Kier molecular flexibility index (Phi) is 9.34. The fourth-order valence-electron chi connectivity index (χ4n) is 3.94. The van der Waals surface area contributed by atoms with E-state index in [9.17, 15) is 9.90 Å². The smallest absolute Gasteiger partial charge is 0.182 e. The fraction of sp³-hybridized carbons (Fsp3) is 0.680. The molecule has 5 nitrogen and oxygen atoms in total. The van der Waals surface area contributed by atoms with Crippen molar-refractivity contribution >= 4 is 28.6 Å². The van der Waals surface area contributed by atoms with Gasteiger partial charge in [-0.1, -0.05) is 55.4 Å². The number of carbonyl (C=O) groups excluding carboxylic acids is 1. The molecule has 0 radical (unpaired) electrons. The van der Waals surface area contributed by atoms with Crippen LogP contribution in [0.1, 0.15) is 83.3 Å². The highest BCUT2D eigenvalue weighted by Gasteiger charge is 2.31. The molecule has 1 aliphatic rings. The summed E-state index contributed by atoms with van der Waals surface area (Å²) < 4.78 is 0. The van der Waals surface area contributed by atoms with Crippen molar-refractivity contribution in [2.75, 3.05) is 26.2 Å². The van der Waals surface area contributed by atoms with E-state index in [-0.39, 0.29) is 51.8 Å². The second-order valence-corrected chi connectivity index (χ2v) is 11.2. The summed E-state index contributed by atoms with van der Waals surface area (Å²) in [6.07, 6.45) is 0.910. The highest BCUT2D eigenvalue weighted by atomic mass is 79.9. The van der Waals surface area contributed by atoms with Crippen LogP contribution in [0.4, 0.5) is 0 Å². The Morgan fingerprint density at radius 2 is 1.68 bits per heavy atom. The molecule has 1 unspecified atom stereocenters. The Balaban J connectivity index is 0.00000480. The molecule has 1 atom stereocenters. The number of nitrogens with zero attached hydrogens (tertiary/aromatic N) is 1. The number of carbonyl (C=O) groups is 1. The van der Waals surface area contributed by atoms with Crippen LogP contribution in [0.25, 0.3) is 0 Å². The molecule has 31 heavy (non-hydrogen) atoms. The fourth-order valence-corrected chi connectivity index (χ4v) is 3.94. The molecule has 0 bridgehead atoms. The topological polar surface area (TPSA) is 76.4 Å². The lowest BCUT2D eigenvalue weighted by Crippen LogP contribution is -2.35. The van der Waals surface area contributed by atoms with E-state index in [2.05, 4.69) is 19.2 Å². The van der Waals surface area contributed by atoms with Gasteiger partial charge in [-0.2, -0.15) is 0 Å². The molecule has 1 saturated heterocycles. The average Bonchev–Trinajstić information content (AvgIpc) is 2.93. The van der Waals surface area contributed by atoms with Crippen LogP contribution in [-0.2, 0) is 10.8 Å². The van der Waals surface area contributed by atoms with Gasteiger partial charge in [0.2, 0.25) is 0 Å². The molecular formula is C25H42BrN3O2. The zero-order valence-corrected chi connectivity index (χ0v) is 22.3. The summed E-state index contributed by atoms with van der Waals surface area (Å²) >= 11 is 0. The molecule has 1 fully saturated rings. The first-order valence-electron chi connectivity index (χ1n) is 11.2. The van der Waals surface area contributed by atoms with Crippen molar-refractivity contribution in [2.24, 2.45) is 11.8 Å². The number of hydrogen-bond donors (Lipinski definition) is 3. The van der Waals surface area contributed by atoms with E-state index in [4.69, 9.17) is 5.41 Å². The molecule has 1 aliphatic heterocycles. The number of halogens is 1. The largest absolute Gasteiger partial charge is 0.507 e. The lowest BCUT2D eigenvalue weighted by atomic mass is 9.78. The Morgan fingerprint density at radius 3 is 2.13 bits per heavy atom. The molecule has 1 heterocycles. The number of phenols is 1. The summed E-state index contributed by atoms with van der Waals surface area (Å²) in [4.78, 5) is 15.1.